The molecule has 0 bridgehead atoms. The van der Waals surface area contributed by atoms with Gasteiger partial charge in [-0.25, -0.2) is 4.79 Å². The van der Waals surface area contributed by atoms with Crippen LogP contribution in [0.15, 0.2) is 12.2 Å². The van der Waals surface area contributed by atoms with Gasteiger partial charge in [0, 0.05) is 0 Å². The Morgan fingerprint density at radius 3 is 2.56 bits per heavy atom. The van der Waals surface area contributed by atoms with Crippen LogP contribution in [-0.2, 0) is 9.53 Å². The molecule has 0 saturated carbocycles. The largest absolute Gasteiger partial charge is 0.479 e. The van der Waals surface area contributed by atoms with Crippen molar-refractivity contribution in [1.82, 2.24) is 0 Å². The molecule has 1 rings (SSSR count). The summed E-state index contributed by atoms with van der Waals surface area (Å²) in [7, 11) is 0. The number of carboxylic acids is 1. The van der Waals surface area contributed by atoms with Crippen molar-refractivity contribution in [3.63, 3.8) is 0 Å². The topological polar surface area (TPSA) is 72.6 Å². The average Bonchev–Trinajstić information content (AvgIpc) is 2.14. The predicted molar refractivity (Wildman–Crippen MR) is 29.6 cm³/mol. The van der Waals surface area contributed by atoms with E-state index in [9.17, 15) is 4.79 Å². The van der Waals surface area contributed by atoms with Gasteiger partial charge in [0.1, 0.15) is 6.23 Å². The highest BCUT2D eigenvalue weighted by Crippen LogP contribution is 2.06. The van der Waals surface area contributed by atoms with Crippen molar-refractivity contribution in [3.8, 4) is 0 Å². The maximum atomic E-state index is 10.1. The van der Waals surface area contributed by atoms with Crippen LogP contribution in [0.3, 0.4) is 0 Å². The van der Waals surface area contributed by atoms with Gasteiger partial charge < -0.3 is 15.6 Å². The summed E-state index contributed by atoms with van der Waals surface area (Å²) >= 11 is 0. The normalized spacial score (nSPS) is 33.0. The lowest BCUT2D eigenvalue weighted by Gasteiger charge is -2.03. The van der Waals surface area contributed by atoms with E-state index in [2.05, 4.69) is 4.74 Å². The van der Waals surface area contributed by atoms with Crippen LogP contribution in [0.1, 0.15) is 0 Å². The molecule has 4 nitrogen and oxygen atoms in total. The van der Waals surface area contributed by atoms with Crippen LogP contribution in [0.25, 0.3) is 0 Å². The Labute approximate surface area is 51.9 Å². The average molecular weight is 129 g/mol. The quantitative estimate of drug-likeness (QED) is 0.460. The van der Waals surface area contributed by atoms with Gasteiger partial charge in [-0.3, -0.25) is 0 Å². The first-order chi connectivity index (χ1) is 4.20. The van der Waals surface area contributed by atoms with Crippen LogP contribution in [0.5, 0.6) is 0 Å². The van der Waals surface area contributed by atoms with Crippen molar-refractivity contribution < 1.29 is 14.6 Å². The third-order valence-electron chi connectivity index (χ3n) is 1.02. The lowest BCUT2D eigenvalue weighted by atomic mass is 10.3. The number of carbonyl (C=O) groups is 1. The molecule has 1 aliphatic rings. The Balaban J connectivity index is 2.50. The Hall–Kier alpha value is -0.870. The molecule has 0 aromatic heterocycles. The molecule has 1 aliphatic heterocycles. The number of aliphatic carboxylic acids is 1. The first-order valence-corrected chi connectivity index (χ1v) is 2.52. The lowest BCUT2D eigenvalue weighted by Crippen LogP contribution is -2.25. The molecule has 1 unspecified atom stereocenters. The van der Waals surface area contributed by atoms with Gasteiger partial charge in [-0.2, -0.15) is 0 Å². The molecule has 50 valence electrons. The monoisotopic (exact) mass is 129 g/mol. The van der Waals surface area contributed by atoms with Crippen LogP contribution >= 0.6 is 0 Å². The summed E-state index contributed by atoms with van der Waals surface area (Å²) in [5.41, 5.74) is 5.19. The van der Waals surface area contributed by atoms with Crippen LogP contribution in [0, 0.1) is 0 Å². The van der Waals surface area contributed by atoms with E-state index in [1.54, 1.807) is 0 Å². The SMILES string of the molecule is N[C@@H]1C=CC(C(=O)O)O1. The number of hydrogen-bond donors (Lipinski definition) is 2. The van der Waals surface area contributed by atoms with Gasteiger partial charge in [-0.15, -0.1) is 0 Å². The van der Waals surface area contributed by atoms with Crippen molar-refractivity contribution in [1.29, 1.82) is 0 Å². The highest BCUT2D eigenvalue weighted by Gasteiger charge is 2.21. The number of ether oxygens (including phenoxy) is 1. The van der Waals surface area contributed by atoms with E-state index >= 15 is 0 Å². The van der Waals surface area contributed by atoms with Crippen LogP contribution in [0.2, 0.25) is 0 Å². The van der Waals surface area contributed by atoms with Crippen molar-refractivity contribution >= 4 is 5.97 Å². The third kappa shape index (κ3) is 1.28. The van der Waals surface area contributed by atoms with E-state index in [4.69, 9.17) is 10.8 Å². The van der Waals surface area contributed by atoms with Gasteiger partial charge in [-0.1, -0.05) is 0 Å². The van der Waals surface area contributed by atoms with Crippen LogP contribution in [0.4, 0.5) is 0 Å². The zero-order valence-corrected chi connectivity index (χ0v) is 4.65. The van der Waals surface area contributed by atoms with Crippen molar-refractivity contribution in [2.75, 3.05) is 0 Å². The second-order valence-electron chi connectivity index (χ2n) is 1.74. The molecule has 0 aliphatic carbocycles. The molecule has 0 radical (unpaired) electrons. The van der Waals surface area contributed by atoms with E-state index < -0.39 is 18.3 Å². The first kappa shape index (κ1) is 6.25. The summed E-state index contributed by atoms with van der Waals surface area (Å²) in [4.78, 5) is 10.1. The maximum absolute atomic E-state index is 10.1. The molecule has 0 saturated heterocycles. The molecule has 9 heavy (non-hydrogen) atoms. The summed E-state index contributed by atoms with van der Waals surface area (Å²) in [5.74, 6) is -1.00. The zero-order valence-electron chi connectivity index (χ0n) is 4.65. The predicted octanol–water partition coefficient (Wildman–Crippen LogP) is -0.689. The molecule has 1 heterocycles. The highest BCUT2D eigenvalue weighted by atomic mass is 16.5. The molecule has 0 aromatic carbocycles. The smallest absolute Gasteiger partial charge is 0.336 e. The standard InChI is InChI=1S/C5H7NO3/c6-4-2-1-3(9-4)5(7)8/h1-4H,6H2,(H,7,8)/t3?,4-/m0/s1. The van der Waals surface area contributed by atoms with Crippen LogP contribution < -0.4 is 5.73 Å². The Bertz CT molecular complexity index is 154. The summed E-state index contributed by atoms with van der Waals surface area (Å²) < 4.78 is 4.69. The second kappa shape index (κ2) is 2.16. The Morgan fingerprint density at radius 2 is 2.33 bits per heavy atom. The zero-order chi connectivity index (χ0) is 6.85. The van der Waals surface area contributed by atoms with Gasteiger partial charge in [-0.05, 0) is 12.2 Å². The third-order valence-corrected chi connectivity index (χ3v) is 1.02. The van der Waals surface area contributed by atoms with Crippen molar-refractivity contribution in [2.45, 2.75) is 12.3 Å². The fourth-order valence-corrected chi connectivity index (χ4v) is 0.611. The molecule has 3 N–H and O–H groups in total. The molecular weight excluding hydrogens is 122 g/mol. The Morgan fingerprint density at radius 1 is 1.67 bits per heavy atom. The number of hydrogen-bond acceptors (Lipinski definition) is 3. The van der Waals surface area contributed by atoms with E-state index in [1.165, 1.54) is 12.2 Å². The fourth-order valence-electron chi connectivity index (χ4n) is 0.611. The summed E-state index contributed by atoms with van der Waals surface area (Å²) in [6, 6.07) is 0. The maximum Gasteiger partial charge on any atom is 0.336 e. The molecule has 0 aromatic rings. The molecule has 2 atom stereocenters. The lowest BCUT2D eigenvalue weighted by molar-refractivity contribution is -0.147. The molecule has 0 amide bonds. The minimum absolute atomic E-state index is 0.550. The van der Waals surface area contributed by atoms with Gasteiger partial charge >= 0.3 is 5.97 Å². The molecule has 4 heteroatoms. The molecular formula is C5H7NO3. The summed E-state index contributed by atoms with van der Waals surface area (Å²) in [6.07, 6.45) is 1.54. The molecule has 0 fully saturated rings. The summed E-state index contributed by atoms with van der Waals surface area (Å²) in [6.45, 7) is 0. The number of nitrogens with two attached hydrogens (primary N) is 1. The highest BCUT2D eigenvalue weighted by molar-refractivity contribution is 5.75. The minimum atomic E-state index is -1.00. The van der Waals surface area contributed by atoms with Crippen molar-refractivity contribution in [2.24, 2.45) is 5.73 Å². The van der Waals surface area contributed by atoms with E-state index in [0.717, 1.165) is 0 Å². The first-order valence-electron chi connectivity index (χ1n) is 2.52. The molecule has 0 spiro atoms. The van der Waals surface area contributed by atoms with Gasteiger partial charge in [0.15, 0.2) is 6.10 Å². The van der Waals surface area contributed by atoms with E-state index in [-0.39, 0.29) is 0 Å². The Kier molecular flexibility index (Phi) is 1.50. The minimum Gasteiger partial charge on any atom is -0.479 e. The van der Waals surface area contributed by atoms with Crippen molar-refractivity contribution in [3.05, 3.63) is 12.2 Å². The number of rotatable bonds is 1. The van der Waals surface area contributed by atoms with E-state index in [0.29, 0.717) is 0 Å². The van der Waals surface area contributed by atoms with E-state index in [1.807, 2.05) is 0 Å². The van der Waals surface area contributed by atoms with Gasteiger partial charge in [0.2, 0.25) is 0 Å². The fraction of sp³-hybridized carbons (Fsp3) is 0.400. The summed E-state index contributed by atoms with van der Waals surface area (Å²) in [5, 5.41) is 8.30. The number of carboxylic acid groups (broad SMARTS) is 1. The second-order valence-corrected chi connectivity index (χ2v) is 1.74. The van der Waals surface area contributed by atoms with Gasteiger partial charge in [0.05, 0.1) is 0 Å². The van der Waals surface area contributed by atoms with Crippen LogP contribution in [-0.4, -0.2) is 23.4 Å². The van der Waals surface area contributed by atoms with Gasteiger partial charge in [0.25, 0.3) is 0 Å².